The van der Waals surface area contributed by atoms with Gasteiger partial charge in [0.1, 0.15) is 0 Å². The van der Waals surface area contributed by atoms with E-state index >= 15 is 0 Å². The number of carboxylic acid groups (broad SMARTS) is 1. The molecule has 0 spiro atoms. The molecule has 1 aliphatic rings. The van der Waals surface area contributed by atoms with Gasteiger partial charge in [-0.3, -0.25) is 0 Å². The SMILES string of the molecule is O=C(O)/C=C/C1CCCCCCCCC1. The first-order valence-corrected chi connectivity index (χ1v) is 6.20. The largest absolute Gasteiger partial charge is 0.478 e. The summed E-state index contributed by atoms with van der Waals surface area (Å²) >= 11 is 0. The minimum Gasteiger partial charge on any atom is -0.478 e. The minimum absolute atomic E-state index is 0.499. The van der Waals surface area contributed by atoms with E-state index in [9.17, 15) is 4.79 Å². The number of aliphatic carboxylic acids is 1. The maximum absolute atomic E-state index is 10.4. The van der Waals surface area contributed by atoms with Crippen LogP contribution in [0.2, 0.25) is 0 Å². The second-order valence-corrected chi connectivity index (χ2v) is 4.51. The first-order valence-electron chi connectivity index (χ1n) is 6.20. The first-order chi connectivity index (χ1) is 7.29. The Bertz CT molecular complexity index is 199. The number of rotatable bonds is 2. The van der Waals surface area contributed by atoms with Gasteiger partial charge in [-0.15, -0.1) is 0 Å². The third-order valence-electron chi connectivity index (χ3n) is 3.16. The van der Waals surface area contributed by atoms with Crippen molar-refractivity contribution in [3.63, 3.8) is 0 Å². The monoisotopic (exact) mass is 210 g/mol. The van der Waals surface area contributed by atoms with E-state index < -0.39 is 5.97 Å². The molecular weight excluding hydrogens is 188 g/mol. The third-order valence-corrected chi connectivity index (χ3v) is 3.16. The lowest BCUT2D eigenvalue weighted by molar-refractivity contribution is -0.131. The van der Waals surface area contributed by atoms with Crippen LogP contribution in [0, 0.1) is 5.92 Å². The molecule has 1 aliphatic carbocycles. The lowest BCUT2D eigenvalue weighted by Crippen LogP contribution is -2.00. The van der Waals surface area contributed by atoms with Crippen LogP contribution >= 0.6 is 0 Å². The Morgan fingerprint density at radius 3 is 1.87 bits per heavy atom. The van der Waals surface area contributed by atoms with Crippen molar-refractivity contribution in [3.8, 4) is 0 Å². The Hall–Kier alpha value is -0.790. The Labute approximate surface area is 92.4 Å². The molecule has 0 bridgehead atoms. The van der Waals surface area contributed by atoms with Crippen LogP contribution in [0.5, 0.6) is 0 Å². The van der Waals surface area contributed by atoms with Crippen LogP contribution in [0.1, 0.15) is 57.8 Å². The topological polar surface area (TPSA) is 37.3 Å². The van der Waals surface area contributed by atoms with E-state index in [0.717, 1.165) is 0 Å². The normalized spacial score (nSPS) is 21.6. The lowest BCUT2D eigenvalue weighted by Gasteiger charge is -2.14. The number of hydrogen-bond donors (Lipinski definition) is 1. The molecule has 1 fully saturated rings. The van der Waals surface area contributed by atoms with Crippen LogP contribution in [-0.4, -0.2) is 11.1 Å². The zero-order valence-electron chi connectivity index (χ0n) is 9.45. The summed E-state index contributed by atoms with van der Waals surface area (Å²) in [7, 11) is 0. The van der Waals surface area contributed by atoms with E-state index in [2.05, 4.69) is 0 Å². The van der Waals surface area contributed by atoms with Crippen molar-refractivity contribution >= 4 is 5.97 Å². The second-order valence-electron chi connectivity index (χ2n) is 4.51. The van der Waals surface area contributed by atoms with Crippen LogP contribution in [0.3, 0.4) is 0 Å². The van der Waals surface area contributed by atoms with Gasteiger partial charge < -0.3 is 5.11 Å². The molecule has 1 N–H and O–H groups in total. The predicted molar refractivity (Wildman–Crippen MR) is 61.8 cm³/mol. The molecule has 0 aromatic heterocycles. The maximum Gasteiger partial charge on any atom is 0.327 e. The zero-order valence-corrected chi connectivity index (χ0v) is 9.45. The van der Waals surface area contributed by atoms with Crippen molar-refractivity contribution in [1.82, 2.24) is 0 Å². The smallest absolute Gasteiger partial charge is 0.327 e. The maximum atomic E-state index is 10.4. The van der Waals surface area contributed by atoms with Gasteiger partial charge in [0.25, 0.3) is 0 Å². The molecule has 86 valence electrons. The third kappa shape index (κ3) is 6.32. The summed E-state index contributed by atoms with van der Waals surface area (Å²) in [4.78, 5) is 10.4. The van der Waals surface area contributed by atoms with E-state index in [-0.39, 0.29) is 0 Å². The van der Waals surface area contributed by atoms with Gasteiger partial charge >= 0.3 is 5.97 Å². The van der Waals surface area contributed by atoms with Crippen LogP contribution in [0.4, 0.5) is 0 Å². The van der Waals surface area contributed by atoms with Gasteiger partial charge in [0.15, 0.2) is 0 Å². The predicted octanol–water partition coefficient (Wildman–Crippen LogP) is 3.77. The summed E-state index contributed by atoms with van der Waals surface area (Å²) in [5.74, 6) is -0.314. The van der Waals surface area contributed by atoms with Crippen molar-refractivity contribution < 1.29 is 9.90 Å². The quantitative estimate of drug-likeness (QED) is 0.704. The Balaban J connectivity index is 2.34. The fourth-order valence-corrected chi connectivity index (χ4v) is 2.25. The molecule has 2 nitrogen and oxygen atoms in total. The molecule has 0 aromatic carbocycles. The average molecular weight is 210 g/mol. The lowest BCUT2D eigenvalue weighted by atomic mass is 9.92. The van der Waals surface area contributed by atoms with E-state index in [0.29, 0.717) is 5.92 Å². The molecule has 0 saturated heterocycles. The summed E-state index contributed by atoms with van der Waals surface area (Å²) in [6, 6.07) is 0. The minimum atomic E-state index is -0.813. The molecule has 0 atom stereocenters. The van der Waals surface area contributed by atoms with Crippen molar-refractivity contribution in [2.24, 2.45) is 5.92 Å². The second kappa shape index (κ2) is 7.49. The Morgan fingerprint density at radius 1 is 0.933 bits per heavy atom. The molecule has 2 heteroatoms. The van der Waals surface area contributed by atoms with Crippen LogP contribution < -0.4 is 0 Å². The molecule has 0 aromatic rings. The average Bonchev–Trinajstić information content (AvgIpc) is 2.23. The van der Waals surface area contributed by atoms with Gasteiger partial charge in [-0.25, -0.2) is 4.79 Å². The molecular formula is C13H22O2. The molecule has 1 saturated carbocycles. The van der Waals surface area contributed by atoms with Crippen molar-refractivity contribution in [2.45, 2.75) is 57.8 Å². The van der Waals surface area contributed by atoms with Crippen LogP contribution in [0.25, 0.3) is 0 Å². The molecule has 0 unspecified atom stereocenters. The fraction of sp³-hybridized carbons (Fsp3) is 0.769. The van der Waals surface area contributed by atoms with Gasteiger partial charge in [0, 0.05) is 6.08 Å². The van der Waals surface area contributed by atoms with E-state index in [4.69, 9.17) is 5.11 Å². The van der Waals surface area contributed by atoms with Gasteiger partial charge in [0.05, 0.1) is 0 Å². The summed E-state index contributed by atoms with van der Waals surface area (Å²) in [6.45, 7) is 0. The molecule has 0 heterocycles. The summed E-state index contributed by atoms with van der Waals surface area (Å²) in [6.07, 6.45) is 14.8. The van der Waals surface area contributed by atoms with Crippen molar-refractivity contribution in [3.05, 3.63) is 12.2 Å². The zero-order chi connectivity index (χ0) is 10.9. The molecule has 1 rings (SSSR count). The highest BCUT2D eigenvalue weighted by molar-refractivity contribution is 5.79. The summed E-state index contributed by atoms with van der Waals surface area (Å²) in [5.41, 5.74) is 0. The Morgan fingerprint density at radius 2 is 1.40 bits per heavy atom. The van der Waals surface area contributed by atoms with Crippen molar-refractivity contribution in [2.75, 3.05) is 0 Å². The van der Waals surface area contributed by atoms with Crippen LogP contribution in [0.15, 0.2) is 12.2 Å². The number of allylic oxidation sites excluding steroid dienone is 1. The van der Waals surface area contributed by atoms with Crippen LogP contribution in [-0.2, 0) is 4.79 Å². The number of carboxylic acids is 1. The molecule has 0 radical (unpaired) electrons. The van der Waals surface area contributed by atoms with E-state index in [1.54, 1.807) is 0 Å². The summed E-state index contributed by atoms with van der Waals surface area (Å²) in [5, 5.41) is 8.58. The highest BCUT2D eigenvalue weighted by Crippen LogP contribution is 2.22. The molecule has 0 amide bonds. The van der Waals surface area contributed by atoms with Crippen molar-refractivity contribution in [1.29, 1.82) is 0 Å². The highest BCUT2D eigenvalue weighted by atomic mass is 16.4. The number of hydrogen-bond acceptors (Lipinski definition) is 1. The first kappa shape index (κ1) is 12.3. The van der Waals surface area contributed by atoms with Gasteiger partial charge in [-0.1, -0.05) is 51.0 Å². The van der Waals surface area contributed by atoms with Gasteiger partial charge in [-0.2, -0.15) is 0 Å². The van der Waals surface area contributed by atoms with E-state index in [1.807, 2.05) is 6.08 Å². The van der Waals surface area contributed by atoms with Gasteiger partial charge in [0.2, 0.25) is 0 Å². The fourth-order valence-electron chi connectivity index (χ4n) is 2.25. The van der Waals surface area contributed by atoms with Gasteiger partial charge in [-0.05, 0) is 18.8 Å². The summed E-state index contributed by atoms with van der Waals surface area (Å²) < 4.78 is 0. The highest BCUT2D eigenvalue weighted by Gasteiger charge is 2.07. The standard InChI is InChI=1S/C13H22O2/c14-13(15)11-10-12-8-6-4-2-1-3-5-7-9-12/h10-12H,1-9H2,(H,14,15)/b11-10+. The Kier molecular flexibility index (Phi) is 6.14. The number of carbonyl (C=O) groups is 1. The molecule has 15 heavy (non-hydrogen) atoms. The molecule has 0 aliphatic heterocycles. The van der Waals surface area contributed by atoms with E-state index in [1.165, 1.54) is 63.9 Å².